The topological polar surface area (TPSA) is 26.0 Å². The maximum absolute atomic E-state index is 5.87. The summed E-state index contributed by atoms with van der Waals surface area (Å²) in [4.78, 5) is 0. The molecule has 0 aliphatic rings. The molecule has 1 rings (SSSR count). The molecule has 1 aromatic rings. The summed E-state index contributed by atoms with van der Waals surface area (Å²) in [5.41, 5.74) is 7.14. The van der Waals surface area contributed by atoms with Gasteiger partial charge in [0.2, 0.25) is 0 Å². The molecule has 2 heteroatoms. The minimum atomic E-state index is 0.482. The summed E-state index contributed by atoms with van der Waals surface area (Å²) in [6, 6.07) is 8.08. The zero-order valence-corrected chi connectivity index (χ0v) is 11.0. The molecule has 1 nitrogen and oxygen atoms in total. The number of hydrogen-bond acceptors (Lipinski definition) is 1. The molecule has 0 radical (unpaired) electrons. The fraction of sp³-hybridized carbons (Fsp3) is 0.571. The molecule has 1 atom stereocenters. The third-order valence-electron chi connectivity index (χ3n) is 2.96. The second-order valence-corrected chi connectivity index (χ2v) is 5.25. The van der Waals surface area contributed by atoms with Gasteiger partial charge in [0, 0.05) is 5.02 Å². The van der Waals surface area contributed by atoms with E-state index >= 15 is 0 Å². The van der Waals surface area contributed by atoms with E-state index in [0.29, 0.717) is 5.92 Å². The fourth-order valence-corrected chi connectivity index (χ4v) is 2.05. The zero-order valence-electron chi connectivity index (χ0n) is 10.2. The van der Waals surface area contributed by atoms with Gasteiger partial charge >= 0.3 is 0 Å². The Hall–Kier alpha value is -0.530. The van der Waals surface area contributed by atoms with Crippen LogP contribution in [0.2, 0.25) is 5.02 Å². The summed E-state index contributed by atoms with van der Waals surface area (Å²) >= 11 is 5.87. The second-order valence-electron chi connectivity index (χ2n) is 4.81. The molecule has 90 valence electrons. The maximum atomic E-state index is 5.87. The minimum absolute atomic E-state index is 0.482. The lowest BCUT2D eigenvalue weighted by Crippen LogP contribution is -2.12. The van der Waals surface area contributed by atoms with E-state index in [2.05, 4.69) is 26.0 Å². The summed E-state index contributed by atoms with van der Waals surface area (Å²) in [5, 5.41) is 0.793. The quantitative estimate of drug-likeness (QED) is 0.791. The Morgan fingerprint density at radius 2 is 1.75 bits per heavy atom. The highest BCUT2D eigenvalue weighted by molar-refractivity contribution is 6.30. The van der Waals surface area contributed by atoms with Crippen LogP contribution in [0.15, 0.2) is 24.3 Å². The molecule has 0 amide bonds. The van der Waals surface area contributed by atoms with Gasteiger partial charge in [-0.15, -0.1) is 0 Å². The summed E-state index contributed by atoms with van der Waals surface area (Å²) in [5.74, 6) is 1.26. The first-order valence-corrected chi connectivity index (χ1v) is 6.46. The molecule has 0 saturated heterocycles. The molecule has 0 spiro atoms. The molecule has 1 unspecified atom stereocenters. The average Bonchev–Trinajstić information content (AvgIpc) is 2.26. The SMILES string of the molecule is CC(C)CCCC(CN)c1ccc(Cl)cc1. The molecule has 0 aromatic heterocycles. The fourth-order valence-electron chi connectivity index (χ4n) is 1.93. The van der Waals surface area contributed by atoms with Gasteiger partial charge in [-0.05, 0) is 42.5 Å². The standard InChI is InChI=1S/C14H22ClN/c1-11(2)4-3-5-13(10-16)12-6-8-14(15)9-7-12/h6-9,11,13H,3-5,10,16H2,1-2H3. The van der Waals surface area contributed by atoms with Crippen molar-refractivity contribution in [2.45, 2.75) is 39.0 Å². The van der Waals surface area contributed by atoms with Crippen LogP contribution in [0.5, 0.6) is 0 Å². The van der Waals surface area contributed by atoms with Crippen LogP contribution in [0, 0.1) is 5.92 Å². The number of halogens is 1. The van der Waals surface area contributed by atoms with Crippen LogP contribution in [-0.2, 0) is 0 Å². The average molecular weight is 240 g/mol. The predicted molar refractivity (Wildman–Crippen MR) is 71.9 cm³/mol. The minimum Gasteiger partial charge on any atom is -0.330 e. The largest absolute Gasteiger partial charge is 0.330 e. The first-order valence-electron chi connectivity index (χ1n) is 6.09. The van der Waals surface area contributed by atoms with E-state index in [1.807, 2.05) is 12.1 Å². The molecule has 0 fully saturated rings. The number of rotatable bonds is 6. The van der Waals surface area contributed by atoms with Crippen molar-refractivity contribution < 1.29 is 0 Å². The highest BCUT2D eigenvalue weighted by Gasteiger charge is 2.09. The maximum Gasteiger partial charge on any atom is 0.0406 e. The number of benzene rings is 1. The first-order chi connectivity index (χ1) is 7.63. The molecule has 0 heterocycles. The van der Waals surface area contributed by atoms with Crippen molar-refractivity contribution >= 4 is 11.6 Å². The molecule has 1 aromatic carbocycles. The highest BCUT2D eigenvalue weighted by atomic mass is 35.5. The van der Waals surface area contributed by atoms with Gasteiger partial charge in [-0.3, -0.25) is 0 Å². The number of hydrogen-bond donors (Lipinski definition) is 1. The molecular formula is C14H22ClN. The van der Waals surface area contributed by atoms with E-state index in [0.717, 1.165) is 17.5 Å². The summed E-state index contributed by atoms with van der Waals surface area (Å²) in [6.07, 6.45) is 3.71. The van der Waals surface area contributed by atoms with Gasteiger partial charge in [0.05, 0.1) is 0 Å². The Kier molecular flexibility index (Phi) is 5.86. The normalized spacial score (nSPS) is 13.1. The van der Waals surface area contributed by atoms with Crippen molar-refractivity contribution in [3.05, 3.63) is 34.9 Å². The van der Waals surface area contributed by atoms with Crippen LogP contribution in [0.4, 0.5) is 0 Å². The van der Waals surface area contributed by atoms with Crippen LogP contribution in [-0.4, -0.2) is 6.54 Å². The molecule has 16 heavy (non-hydrogen) atoms. The third-order valence-corrected chi connectivity index (χ3v) is 3.21. The van der Waals surface area contributed by atoms with Crippen molar-refractivity contribution in [3.8, 4) is 0 Å². The van der Waals surface area contributed by atoms with E-state index in [1.54, 1.807) is 0 Å². The second kappa shape index (κ2) is 6.93. The van der Waals surface area contributed by atoms with Crippen LogP contribution in [0.1, 0.15) is 44.6 Å². The van der Waals surface area contributed by atoms with Gasteiger partial charge in [0.25, 0.3) is 0 Å². The molecule has 0 bridgehead atoms. The van der Waals surface area contributed by atoms with E-state index in [1.165, 1.54) is 24.8 Å². The summed E-state index contributed by atoms with van der Waals surface area (Å²) in [6.45, 7) is 5.25. The van der Waals surface area contributed by atoms with E-state index < -0.39 is 0 Å². The van der Waals surface area contributed by atoms with E-state index in [9.17, 15) is 0 Å². The van der Waals surface area contributed by atoms with Gasteiger partial charge < -0.3 is 5.73 Å². The van der Waals surface area contributed by atoms with Gasteiger partial charge in [0.15, 0.2) is 0 Å². The lowest BCUT2D eigenvalue weighted by Gasteiger charge is -2.15. The van der Waals surface area contributed by atoms with Crippen LogP contribution >= 0.6 is 11.6 Å². The Labute approximate surface area is 104 Å². The third kappa shape index (κ3) is 4.54. The van der Waals surface area contributed by atoms with Gasteiger partial charge in [-0.25, -0.2) is 0 Å². The predicted octanol–water partition coefficient (Wildman–Crippen LogP) is 4.21. The Morgan fingerprint density at radius 3 is 2.25 bits per heavy atom. The van der Waals surface area contributed by atoms with Crippen LogP contribution in [0.3, 0.4) is 0 Å². The van der Waals surface area contributed by atoms with Crippen molar-refractivity contribution in [2.75, 3.05) is 6.54 Å². The lowest BCUT2D eigenvalue weighted by atomic mass is 9.92. The van der Waals surface area contributed by atoms with Crippen molar-refractivity contribution in [1.82, 2.24) is 0 Å². The van der Waals surface area contributed by atoms with E-state index in [4.69, 9.17) is 17.3 Å². The first kappa shape index (κ1) is 13.5. The lowest BCUT2D eigenvalue weighted by molar-refractivity contribution is 0.502. The molecule has 2 N–H and O–H groups in total. The van der Waals surface area contributed by atoms with Crippen LogP contribution < -0.4 is 5.73 Å². The zero-order chi connectivity index (χ0) is 12.0. The van der Waals surface area contributed by atoms with Crippen molar-refractivity contribution in [3.63, 3.8) is 0 Å². The number of nitrogens with two attached hydrogens (primary N) is 1. The molecule has 0 aliphatic carbocycles. The Morgan fingerprint density at radius 1 is 1.12 bits per heavy atom. The van der Waals surface area contributed by atoms with Crippen molar-refractivity contribution in [1.29, 1.82) is 0 Å². The Bertz CT molecular complexity index is 292. The van der Waals surface area contributed by atoms with Gasteiger partial charge in [-0.2, -0.15) is 0 Å². The van der Waals surface area contributed by atoms with Gasteiger partial charge in [0.1, 0.15) is 0 Å². The highest BCUT2D eigenvalue weighted by Crippen LogP contribution is 2.23. The van der Waals surface area contributed by atoms with Gasteiger partial charge in [-0.1, -0.05) is 50.4 Å². The Balaban J connectivity index is 2.50. The van der Waals surface area contributed by atoms with E-state index in [-0.39, 0.29) is 0 Å². The smallest absolute Gasteiger partial charge is 0.0406 e. The van der Waals surface area contributed by atoms with Crippen molar-refractivity contribution in [2.24, 2.45) is 11.7 Å². The molecule has 0 saturated carbocycles. The summed E-state index contributed by atoms with van der Waals surface area (Å²) < 4.78 is 0. The summed E-state index contributed by atoms with van der Waals surface area (Å²) in [7, 11) is 0. The molecular weight excluding hydrogens is 218 g/mol. The monoisotopic (exact) mass is 239 g/mol. The molecule has 0 aliphatic heterocycles. The van der Waals surface area contributed by atoms with Crippen LogP contribution in [0.25, 0.3) is 0 Å².